The molecule has 2 aromatic carbocycles. The average molecular weight is 359 g/mol. The summed E-state index contributed by atoms with van der Waals surface area (Å²) in [6.07, 6.45) is 0. The van der Waals surface area contributed by atoms with Crippen LogP contribution in [-0.4, -0.2) is 8.42 Å². The molecule has 3 N–H and O–H groups in total. The van der Waals surface area contributed by atoms with Crippen LogP contribution >= 0.6 is 15.9 Å². The van der Waals surface area contributed by atoms with E-state index in [2.05, 4.69) is 20.7 Å². The third-order valence-electron chi connectivity index (χ3n) is 2.69. The molecule has 0 fully saturated rings. The number of nitrogen functional groups attached to an aromatic ring is 1. The van der Waals surface area contributed by atoms with Crippen LogP contribution in [0.5, 0.6) is 0 Å². The van der Waals surface area contributed by atoms with Gasteiger partial charge in [-0.05, 0) is 58.7 Å². The third kappa shape index (κ3) is 3.10. The van der Waals surface area contributed by atoms with E-state index < -0.39 is 15.8 Å². The molecule has 106 valence electrons. The van der Waals surface area contributed by atoms with Crippen molar-refractivity contribution in [1.82, 2.24) is 0 Å². The molecule has 20 heavy (non-hydrogen) atoms. The molecule has 4 nitrogen and oxygen atoms in total. The highest BCUT2D eigenvalue weighted by atomic mass is 79.9. The summed E-state index contributed by atoms with van der Waals surface area (Å²) in [5.74, 6) is -0.514. The smallest absolute Gasteiger partial charge is 0.263 e. The molecule has 2 aromatic rings. The van der Waals surface area contributed by atoms with Gasteiger partial charge in [0, 0.05) is 10.2 Å². The molecule has 0 heterocycles. The number of nitrogens with one attached hydrogen (secondary N) is 1. The van der Waals surface area contributed by atoms with Gasteiger partial charge in [0.05, 0.1) is 5.69 Å². The molecule has 0 aliphatic carbocycles. The minimum Gasteiger partial charge on any atom is -0.399 e. The van der Waals surface area contributed by atoms with Crippen LogP contribution < -0.4 is 10.5 Å². The van der Waals surface area contributed by atoms with E-state index in [4.69, 9.17) is 5.73 Å². The molecule has 7 heteroatoms. The fourth-order valence-electron chi connectivity index (χ4n) is 1.63. The van der Waals surface area contributed by atoms with Crippen molar-refractivity contribution in [3.63, 3.8) is 0 Å². The van der Waals surface area contributed by atoms with E-state index in [0.29, 0.717) is 15.7 Å². The lowest BCUT2D eigenvalue weighted by Crippen LogP contribution is -2.14. The maximum Gasteiger partial charge on any atom is 0.263 e. The molecule has 0 aromatic heterocycles. The second kappa shape index (κ2) is 5.41. The van der Waals surface area contributed by atoms with E-state index >= 15 is 0 Å². The van der Waals surface area contributed by atoms with E-state index in [1.807, 2.05) is 0 Å². The molecule has 0 amide bonds. The normalized spacial score (nSPS) is 11.3. The van der Waals surface area contributed by atoms with Crippen LogP contribution in [0.3, 0.4) is 0 Å². The number of rotatable bonds is 3. The Hall–Kier alpha value is -1.60. The summed E-state index contributed by atoms with van der Waals surface area (Å²) in [5, 5.41) is 0. The lowest BCUT2D eigenvalue weighted by atomic mass is 10.2. The number of hydrogen-bond donors (Lipinski definition) is 2. The number of nitrogens with two attached hydrogens (primary N) is 1. The Morgan fingerprint density at radius 1 is 1.20 bits per heavy atom. The van der Waals surface area contributed by atoms with E-state index in [9.17, 15) is 12.8 Å². The van der Waals surface area contributed by atoms with E-state index in [0.717, 1.165) is 6.07 Å². The second-order valence-corrected chi connectivity index (χ2v) is 6.76. The summed E-state index contributed by atoms with van der Waals surface area (Å²) in [5.41, 5.74) is 6.74. The summed E-state index contributed by atoms with van der Waals surface area (Å²) in [6, 6.07) is 8.36. The quantitative estimate of drug-likeness (QED) is 0.827. The predicted molar refractivity (Wildman–Crippen MR) is 80.5 cm³/mol. The van der Waals surface area contributed by atoms with Crippen molar-refractivity contribution < 1.29 is 12.8 Å². The highest BCUT2D eigenvalue weighted by Crippen LogP contribution is 2.27. The van der Waals surface area contributed by atoms with Crippen LogP contribution in [0.25, 0.3) is 0 Å². The number of aryl methyl sites for hydroxylation is 1. The standard InChI is InChI=1S/C13H12BrFN2O2S/c1-8-2-3-9(15)6-12(8)17-20(18,19)13-7-10(16)4-5-11(13)14/h2-7,17H,16H2,1H3. The number of benzene rings is 2. The first-order chi connectivity index (χ1) is 9.29. The molecule has 0 saturated carbocycles. The van der Waals surface area contributed by atoms with Gasteiger partial charge in [-0.2, -0.15) is 0 Å². The molecular weight excluding hydrogens is 347 g/mol. The van der Waals surface area contributed by atoms with Crippen molar-refractivity contribution in [3.8, 4) is 0 Å². The maximum atomic E-state index is 13.2. The maximum absolute atomic E-state index is 13.2. The third-order valence-corrected chi connectivity index (χ3v) is 5.05. The lowest BCUT2D eigenvalue weighted by molar-refractivity contribution is 0.600. The molecule has 0 radical (unpaired) electrons. The number of anilines is 2. The van der Waals surface area contributed by atoms with Gasteiger partial charge < -0.3 is 5.73 Å². The zero-order chi connectivity index (χ0) is 14.9. The largest absolute Gasteiger partial charge is 0.399 e. The topological polar surface area (TPSA) is 72.2 Å². The van der Waals surface area contributed by atoms with E-state index in [1.165, 1.54) is 18.2 Å². The molecule has 0 saturated heterocycles. The first kappa shape index (κ1) is 14.8. The van der Waals surface area contributed by atoms with Gasteiger partial charge in [-0.25, -0.2) is 12.8 Å². The predicted octanol–water partition coefficient (Wildman–Crippen LogP) is 3.28. The van der Waals surface area contributed by atoms with Gasteiger partial charge in [-0.1, -0.05) is 6.07 Å². The Morgan fingerprint density at radius 3 is 2.60 bits per heavy atom. The van der Waals surface area contributed by atoms with E-state index in [-0.39, 0.29) is 10.6 Å². The van der Waals surface area contributed by atoms with Crippen molar-refractivity contribution in [2.45, 2.75) is 11.8 Å². The van der Waals surface area contributed by atoms with Crippen molar-refractivity contribution in [2.24, 2.45) is 0 Å². The number of halogens is 2. The van der Waals surface area contributed by atoms with Gasteiger partial charge in [-0.15, -0.1) is 0 Å². The molecule has 2 rings (SSSR count). The highest BCUT2D eigenvalue weighted by Gasteiger charge is 2.19. The first-order valence-corrected chi connectivity index (χ1v) is 7.91. The Bertz CT molecular complexity index is 763. The van der Waals surface area contributed by atoms with Crippen molar-refractivity contribution in [2.75, 3.05) is 10.5 Å². The SMILES string of the molecule is Cc1ccc(F)cc1NS(=O)(=O)c1cc(N)ccc1Br. The van der Waals surface area contributed by atoms with Crippen molar-refractivity contribution in [3.05, 3.63) is 52.3 Å². The van der Waals surface area contributed by atoms with Crippen LogP contribution in [0.2, 0.25) is 0 Å². The van der Waals surface area contributed by atoms with Gasteiger partial charge >= 0.3 is 0 Å². The summed E-state index contributed by atoms with van der Waals surface area (Å²) >= 11 is 3.16. The number of hydrogen-bond acceptors (Lipinski definition) is 3. The molecule has 0 aliphatic heterocycles. The second-order valence-electron chi connectivity index (χ2n) is 4.25. The van der Waals surface area contributed by atoms with Crippen LogP contribution in [0.15, 0.2) is 45.8 Å². The van der Waals surface area contributed by atoms with Gasteiger partial charge in [0.2, 0.25) is 0 Å². The van der Waals surface area contributed by atoms with Gasteiger partial charge in [0.15, 0.2) is 0 Å². The summed E-state index contributed by atoms with van der Waals surface area (Å²) < 4.78 is 40.6. The molecule has 0 aliphatic rings. The monoisotopic (exact) mass is 358 g/mol. The molecule has 0 spiro atoms. The zero-order valence-electron chi connectivity index (χ0n) is 10.5. The Balaban J connectivity index is 2.46. The average Bonchev–Trinajstić information content (AvgIpc) is 2.36. The van der Waals surface area contributed by atoms with Gasteiger partial charge in [-0.3, -0.25) is 4.72 Å². The van der Waals surface area contributed by atoms with Gasteiger partial charge in [0.1, 0.15) is 10.7 Å². The fraction of sp³-hybridized carbons (Fsp3) is 0.0769. The van der Waals surface area contributed by atoms with Crippen LogP contribution in [0.1, 0.15) is 5.56 Å². The minimum absolute atomic E-state index is 0.00108. The van der Waals surface area contributed by atoms with Crippen molar-refractivity contribution >= 4 is 37.3 Å². The summed E-state index contributed by atoms with van der Waals surface area (Å²) in [7, 11) is -3.85. The van der Waals surface area contributed by atoms with Crippen LogP contribution in [0, 0.1) is 12.7 Å². The Labute approximate surface area is 125 Å². The minimum atomic E-state index is -3.85. The van der Waals surface area contributed by atoms with Crippen molar-refractivity contribution in [1.29, 1.82) is 0 Å². The summed E-state index contributed by atoms with van der Waals surface area (Å²) in [4.78, 5) is 0.00108. The highest BCUT2D eigenvalue weighted by molar-refractivity contribution is 9.10. The molecular formula is C13H12BrFN2O2S. The van der Waals surface area contributed by atoms with Crippen LogP contribution in [-0.2, 0) is 10.0 Å². The van der Waals surface area contributed by atoms with Gasteiger partial charge in [0.25, 0.3) is 10.0 Å². The Kier molecular flexibility index (Phi) is 4.01. The van der Waals surface area contributed by atoms with E-state index in [1.54, 1.807) is 19.1 Å². The number of sulfonamides is 1. The Morgan fingerprint density at radius 2 is 1.90 bits per heavy atom. The van der Waals surface area contributed by atoms with Crippen LogP contribution in [0.4, 0.5) is 15.8 Å². The molecule has 0 atom stereocenters. The zero-order valence-corrected chi connectivity index (χ0v) is 12.9. The molecule has 0 bridgehead atoms. The molecule has 0 unspecified atom stereocenters. The fourth-order valence-corrected chi connectivity index (χ4v) is 3.75. The lowest BCUT2D eigenvalue weighted by Gasteiger charge is -2.12. The first-order valence-electron chi connectivity index (χ1n) is 5.63. The summed E-state index contributed by atoms with van der Waals surface area (Å²) in [6.45, 7) is 1.69.